The summed E-state index contributed by atoms with van der Waals surface area (Å²) in [6.07, 6.45) is 0.822. The first-order valence-corrected chi connectivity index (χ1v) is 9.63. The maximum atomic E-state index is 11.9. The van der Waals surface area contributed by atoms with Crippen molar-refractivity contribution in [2.45, 2.75) is 26.3 Å². The molecule has 7 heteroatoms. The summed E-state index contributed by atoms with van der Waals surface area (Å²) in [5, 5.41) is 5.38. The fourth-order valence-electron chi connectivity index (χ4n) is 2.53. The third-order valence-electron chi connectivity index (χ3n) is 4.05. The molecule has 0 saturated heterocycles. The smallest absolute Gasteiger partial charge is 0.239 e. The quantitative estimate of drug-likeness (QED) is 0.535. The van der Waals surface area contributed by atoms with E-state index in [1.54, 1.807) is 7.11 Å². The van der Waals surface area contributed by atoms with Crippen molar-refractivity contribution in [1.82, 2.24) is 10.6 Å². The molecule has 0 aliphatic heterocycles. The van der Waals surface area contributed by atoms with Crippen LogP contribution in [0.3, 0.4) is 0 Å². The van der Waals surface area contributed by atoms with Gasteiger partial charge in [0.25, 0.3) is 0 Å². The van der Waals surface area contributed by atoms with Gasteiger partial charge in [0.1, 0.15) is 5.75 Å². The zero-order valence-electron chi connectivity index (χ0n) is 16.9. The van der Waals surface area contributed by atoms with Crippen LogP contribution in [-0.2, 0) is 16.1 Å². The number of carbonyl (C=O) groups excluding carboxylic acids is 2. The summed E-state index contributed by atoms with van der Waals surface area (Å²) in [6, 6.07) is 14.8. The number of rotatable bonds is 12. The van der Waals surface area contributed by atoms with E-state index in [1.165, 1.54) is 0 Å². The van der Waals surface area contributed by atoms with Crippen molar-refractivity contribution >= 4 is 11.8 Å². The summed E-state index contributed by atoms with van der Waals surface area (Å²) in [4.78, 5) is 23.8. The van der Waals surface area contributed by atoms with Crippen molar-refractivity contribution in [2.24, 2.45) is 0 Å². The number of methoxy groups -OCH3 is 1. The van der Waals surface area contributed by atoms with Gasteiger partial charge in [-0.15, -0.1) is 0 Å². The van der Waals surface area contributed by atoms with Crippen molar-refractivity contribution in [1.29, 1.82) is 0 Å². The SMILES string of the molecule is CCOc1ccccc1OCCCC(=O)NCC(=O)NCc1ccc(OC)cc1. The molecule has 0 radical (unpaired) electrons. The third kappa shape index (κ3) is 8.13. The van der Waals surface area contributed by atoms with Crippen molar-refractivity contribution in [3.05, 3.63) is 54.1 Å². The first kappa shape index (κ1) is 22.1. The second kappa shape index (κ2) is 12.3. The van der Waals surface area contributed by atoms with Gasteiger partial charge in [0.15, 0.2) is 11.5 Å². The van der Waals surface area contributed by atoms with Crippen LogP contribution in [0.5, 0.6) is 17.2 Å². The molecule has 2 rings (SSSR count). The molecular formula is C22H28N2O5. The second-order valence-electron chi connectivity index (χ2n) is 6.23. The summed E-state index contributed by atoms with van der Waals surface area (Å²) < 4.78 is 16.3. The van der Waals surface area contributed by atoms with Crippen molar-refractivity contribution in [2.75, 3.05) is 26.9 Å². The van der Waals surface area contributed by atoms with Crippen LogP contribution in [-0.4, -0.2) is 38.7 Å². The van der Waals surface area contributed by atoms with Gasteiger partial charge in [-0.2, -0.15) is 0 Å². The number of amides is 2. The molecule has 0 atom stereocenters. The number of carbonyl (C=O) groups is 2. The van der Waals surface area contributed by atoms with Crippen LogP contribution in [0.2, 0.25) is 0 Å². The Hall–Kier alpha value is -3.22. The molecule has 0 unspecified atom stereocenters. The molecule has 0 aromatic heterocycles. The molecule has 0 aliphatic rings. The van der Waals surface area contributed by atoms with Gasteiger partial charge in [0.2, 0.25) is 11.8 Å². The van der Waals surface area contributed by atoms with Gasteiger partial charge >= 0.3 is 0 Å². The topological polar surface area (TPSA) is 85.9 Å². The lowest BCUT2D eigenvalue weighted by atomic mass is 10.2. The van der Waals surface area contributed by atoms with E-state index in [4.69, 9.17) is 14.2 Å². The molecule has 0 aliphatic carbocycles. The molecule has 0 saturated carbocycles. The maximum Gasteiger partial charge on any atom is 0.239 e. The van der Waals surface area contributed by atoms with Gasteiger partial charge in [-0.3, -0.25) is 9.59 Å². The normalized spacial score (nSPS) is 10.1. The predicted octanol–water partition coefficient (Wildman–Crippen LogP) is 2.69. The van der Waals surface area contributed by atoms with Crippen LogP contribution in [0.25, 0.3) is 0 Å². The molecule has 2 N–H and O–H groups in total. The van der Waals surface area contributed by atoms with Crippen molar-refractivity contribution < 1.29 is 23.8 Å². The zero-order chi connectivity index (χ0) is 20.9. The Labute approximate surface area is 171 Å². The summed E-state index contributed by atoms with van der Waals surface area (Å²) in [5.41, 5.74) is 0.954. The number of benzene rings is 2. The number of hydrogen-bond donors (Lipinski definition) is 2. The molecule has 0 spiro atoms. The highest BCUT2D eigenvalue weighted by Gasteiger charge is 2.07. The monoisotopic (exact) mass is 400 g/mol. The molecule has 0 bridgehead atoms. The van der Waals surface area contributed by atoms with Crippen LogP contribution in [0.15, 0.2) is 48.5 Å². The lowest BCUT2D eigenvalue weighted by molar-refractivity contribution is -0.126. The number of ether oxygens (including phenoxy) is 3. The van der Waals surface area contributed by atoms with Gasteiger partial charge in [-0.1, -0.05) is 24.3 Å². The van der Waals surface area contributed by atoms with Gasteiger partial charge in [-0.25, -0.2) is 0 Å². The molecule has 7 nitrogen and oxygen atoms in total. The molecular weight excluding hydrogens is 372 g/mol. The van der Waals surface area contributed by atoms with E-state index in [-0.39, 0.29) is 24.8 Å². The van der Waals surface area contributed by atoms with E-state index in [9.17, 15) is 9.59 Å². The fraction of sp³-hybridized carbons (Fsp3) is 0.364. The Balaban J connectivity index is 1.60. The molecule has 0 heterocycles. The Bertz CT molecular complexity index is 777. The second-order valence-corrected chi connectivity index (χ2v) is 6.23. The Morgan fingerprint density at radius 1 is 0.897 bits per heavy atom. The van der Waals surface area contributed by atoms with E-state index in [0.29, 0.717) is 37.7 Å². The average molecular weight is 400 g/mol. The molecule has 156 valence electrons. The minimum Gasteiger partial charge on any atom is -0.497 e. The molecule has 2 aromatic rings. The molecule has 29 heavy (non-hydrogen) atoms. The van der Waals surface area contributed by atoms with Crippen LogP contribution in [0.4, 0.5) is 0 Å². The highest BCUT2D eigenvalue weighted by atomic mass is 16.5. The zero-order valence-corrected chi connectivity index (χ0v) is 16.9. The summed E-state index contributed by atoms with van der Waals surface area (Å²) in [6.45, 7) is 3.20. The van der Waals surface area contributed by atoms with E-state index in [0.717, 1.165) is 11.3 Å². The van der Waals surface area contributed by atoms with E-state index >= 15 is 0 Å². The number of hydrogen-bond acceptors (Lipinski definition) is 5. The van der Waals surface area contributed by atoms with E-state index < -0.39 is 0 Å². The van der Waals surface area contributed by atoms with E-state index in [1.807, 2.05) is 55.5 Å². The third-order valence-corrected chi connectivity index (χ3v) is 4.05. The molecule has 0 fully saturated rings. The maximum absolute atomic E-state index is 11.9. The number of nitrogens with one attached hydrogen (secondary N) is 2. The van der Waals surface area contributed by atoms with Crippen molar-refractivity contribution in [3.63, 3.8) is 0 Å². The summed E-state index contributed by atoms with van der Waals surface area (Å²) in [5.74, 6) is 1.68. The van der Waals surface area contributed by atoms with Gasteiger partial charge in [0.05, 0.1) is 26.9 Å². The average Bonchev–Trinajstić information content (AvgIpc) is 2.75. The van der Waals surface area contributed by atoms with Gasteiger partial charge in [0, 0.05) is 13.0 Å². The minimum absolute atomic E-state index is 0.0526. The predicted molar refractivity (Wildman–Crippen MR) is 110 cm³/mol. The van der Waals surface area contributed by atoms with Crippen molar-refractivity contribution in [3.8, 4) is 17.2 Å². The highest BCUT2D eigenvalue weighted by Crippen LogP contribution is 2.26. The van der Waals surface area contributed by atoms with Gasteiger partial charge in [-0.05, 0) is 43.2 Å². The summed E-state index contributed by atoms with van der Waals surface area (Å²) >= 11 is 0. The lowest BCUT2D eigenvalue weighted by Crippen LogP contribution is -2.36. The Morgan fingerprint density at radius 3 is 2.24 bits per heavy atom. The van der Waals surface area contributed by atoms with Crippen LogP contribution in [0.1, 0.15) is 25.3 Å². The van der Waals surface area contributed by atoms with Crippen LogP contribution in [0, 0.1) is 0 Å². The fourth-order valence-corrected chi connectivity index (χ4v) is 2.53. The Morgan fingerprint density at radius 2 is 1.59 bits per heavy atom. The number of para-hydroxylation sites is 2. The summed E-state index contributed by atoms with van der Waals surface area (Å²) in [7, 11) is 1.60. The standard InChI is InChI=1S/C22H28N2O5/c1-3-28-19-7-4-5-8-20(19)29-14-6-9-21(25)24-16-22(26)23-15-17-10-12-18(27-2)13-11-17/h4-5,7-8,10-13H,3,6,9,14-16H2,1-2H3,(H,23,26)(H,24,25). The van der Waals surface area contributed by atoms with Crippen LogP contribution < -0.4 is 24.8 Å². The first-order valence-electron chi connectivity index (χ1n) is 9.63. The first-order chi connectivity index (χ1) is 14.1. The lowest BCUT2D eigenvalue weighted by Gasteiger charge is -2.11. The molecule has 2 amide bonds. The Kier molecular flexibility index (Phi) is 9.35. The minimum atomic E-state index is -0.240. The van der Waals surface area contributed by atoms with Gasteiger partial charge < -0.3 is 24.8 Å². The highest BCUT2D eigenvalue weighted by molar-refractivity contribution is 5.84. The molecule has 2 aromatic carbocycles. The van der Waals surface area contributed by atoms with Crippen LogP contribution >= 0.6 is 0 Å². The largest absolute Gasteiger partial charge is 0.497 e. The van der Waals surface area contributed by atoms with E-state index in [2.05, 4.69) is 10.6 Å².